The monoisotopic (exact) mass is 202 g/mol. The summed E-state index contributed by atoms with van der Waals surface area (Å²) in [5.74, 6) is 0.259. The average molecular weight is 202 g/mol. The second-order valence-corrected chi connectivity index (χ2v) is 3.84. The first-order chi connectivity index (χ1) is 7.18. The van der Waals surface area contributed by atoms with Crippen molar-refractivity contribution >= 4 is 10.8 Å². The molecule has 78 valence electrons. The molecule has 0 aliphatic rings. The molecule has 2 heteroatoms. The molecule has 0 aromatic heterocycles. The van der Waals surface area contributed by atoms with Crippen LogP contribution in [0.4, 0.5) is 0 Å². The van der Waals surface area contributed by atoms with E-state index in [2.05, 4.69) is 0 Å². The molecule has 0 amide bonds. The first-order valence-electron chi connectivity index (χ1n) is 5.06. The topological polar surface area (TPSA) is 40.5 Å². The van der Waals surface area contributed by atoms with Crippen LogP contribution in [0.2, 0.25) is 0 Å². The molecule has 1 atom stereocenters. The van der Waals surface area contributed by atoms with Gasteiger partial charge in [-0.2, -0.15) is 0 Å². The minimum Gasteiger partial charge on any atom is -0.508 e. The number of hydrogen-bond acceptors (Lipinski definition) is 2. The van der Waals surface area contributed by atoms with E-state index in [1.165, 1.54) is 0 Å². The number of phenols is 1. The van der Waals surface area contributed by atoms with E-state index in [1.807, 2.05) is 30.3 Å². The second kappa shape index (κ2) is 3.91. The molecule has 2 rings (SSSR count). The molecular weight excluding hydrogens is 188 g/mol. The molecule has 2 aromatic rings. The van der Waals surface area contributed by atoms with Crippen LogP contribution in [-0.4, -0.2) is 16.3 Å². The van der Waals surface area contributed by atoms with Crippen molar-refractivity contribution < 1.29 is 10.2 Å². The van der Waals surface area contributed by atoms with E-state index in [-0.39, 0.29) is 5.75 Å². The van der Waals surface area contributed by atoms with Crippen molar-refractivity contribution in [1.29, 1.82) is 0 Å². The van der Waals surface area contributed by atoms with Gasteiger partial charge in [-0.05, 0) is 23.8 Å². The van der Waals surface area contributed by atoms with Crippen molar-refractivity contribution in [3.8, 4) is 5.75 Å². The van der Waals surface area contributed by atoms with Gasteiger partial charge in [-0.15, -0.1) is 0 Å². The van der Waals surface area contributed by atoms with Crippen LogP contribution < -0.4 is 0 Å². The van der Waals surface area contributed by atoms with E-state index in [0.29, 0.717) is 6.42 Å². The van der Waals surface area contributed by atoms with Gasteiger partial charge in [0, 0.05) is 12.0 Å². The van der Waals surface area contributed by atoms with Crippen LogP contribution in [0.3, 0.4) is 0 Å². The van der Waals surface area contributed by atoms with Crippen molar-refractivity contribution in [3.63, 3.8) is 0 Å². The smallest absolute Gasteiger partial charge is 0.119 e. The van der Waals surface area contributed by atoms with Crippen LogP contribution in [-0.2, 0) is 6.42 Å². The van der Waals surface area contributed by atoms with Crippen molar-refractivity contribution in [3.05, 3.63) is 42.0 Å². The molecule has 15 heavy (non-hydrogen) atoms. The lowest BCUT2D eigenvalue weighted by molar-refractivity contribution is 0.194. The van der Waals surface area contributed by atoms with Crippen molar-refractivity contribution in [2.75, 3.05) is 0 Å². The van der Waals surface area contributed by atoms with Crippen LogP contribution in [0.15, 0.2) is 36.4 Å². The number of aliphatic hydroxyl groups excluding tert-OH is 1. The van der Waals surface area contributed by atoms with Crippen molar-refractivity contribution in [2.24, 2.45) is 0 Å². The van der Waals surface area contributed by atoms with Gasteiger partial charge < -0.3 is 10.2 Å². The number of phenolic OH excluding ortho intramolecular Hbond substituents is 1. The maximum Gasteiger partial charge on any atom is 0.119 e. The number of aliphatic hydroxyl groups is 1. The molecule has 2 N–H and O–H groups in total. The van der Waals surface area contributed by atoms with E-state index in [1.54, 1.807) is 13.0 Å². The summed E-state index contributed by atoms with van der Waals surface area (Å²) in [5.41, 5.74) is 0.822. The van der Waals surface area contributed by atoms with Crippen LogP contribution in [0.25, 0.3) is 10.8 Å². The quantitative estimate of drug-likeness (QED) is 0.785. The van der Waals surface area contributed by atoms with Gasteiger partial charge in [0.1, 0.15) is 5.75 Å². The number of aromatic hydroxyl groups is 1. The predicted octanol–water partition coefficient (Wildman–Crippen LogP) is 2.47. The molecular formula is C13H14O2. The SMILES string of the molecule is C[C@H](O)Cc1c(O)ccc2ccccc12. The summed E-state index contributed by atoms with van der Waals surface area (Å²) in [6.45, 7) is 1.72. The number of benzene rings is 2. The third-order valence-electron chi connectivity index (χ3n) is 2.52. The van der Waals surface area contributed by atoms with E-state index < -0.39 is 6.10 Å². The summed E-state index contributed by atoms with van der Waals surface area (Å²) in [4.78, 5) is 0. The van der Waals surface area contributed by atoms with Crippen molar-refractivity contribution in [1.82, 2.24) is 0 Å². The third-order valence-corrected chi connectivity index (χ3v) is 2.52. The van der Waals surface area contributed by atoms with Crippen molar-refractivity contribution in [2.45, 2.75) is 19.4 Å². The Kier molecular flexibility index (Phi) is 2.60. The lowest BCUT2D eigenvalue weighted by atomic mass is 9.99. The zero-order chi connectivity index (χ0) is 10.8. The molecule has 0 spiro atoms. The fourth-order valence-corrected chi connectivity index (χ4v) is 1.83. The van der Waals surface area contributed by atoms with Gasteiger partial charge in [0.25, 0.3) is 0 Å². The van der Waals surface area contributed by atoms with Gasteiger partial charge >= 0.3 is 0 Å². The minimum atomic E-state index is -0.443. The summed E-state index contributed by atoms with van der Waals surface area (Å²) in [5, 5.41) is 21.2. The molecule has 2 nitrogen and oxygen atoms in total. The summed E-state index contributed by atoms with van der Waals surface area (Å²) in [6.07, 6.45) is 0.0365. The Morgan fingerprint density at radius 1 is 1.13 bits per heavy atom. The lowest BCUT2D eigenvalue weighted by Gasteiger charge is -2.10. The number of rotatable bonds is 2. The molecule has 0 aliphatic heterocycles. The Morgan fingerprint density at radius 2 is 1.87 bits per heavy atom. The van der Waals surface area contributed by atoms with Gasteiger partial charge in [0.2, 0.25) is 0 Å². The Labute approximate surface area is 88.8 Å². The molecule has 0 saturated carbocycles. The highest BCUT2D eigenvalue weighted by atomic mass is 16.3. The summed E-state index contributed by atoms with van der Waals surface area (Å²) in [7, 11) is 0. The zero-order valence-electron chi connectivity index (χ0n) is 8.64. The van der Waals surface area contributed by atoms with E-state index in [9.17, 15) is 10.2 Å². The maximum absolute atomic E-state index is 9.75. The minimum absolute atomic E-state index is 0.259. The molecule has 2 aromatic carbocycles. The Bertz CT molecular complexity index is 475. The fraction of sp³-hybridized carbons (Fsp3) is 0.231. The summed E-state index contributed by atoms with van der Waals surface area (Å²) >= 11 is 0. The van der Waals surface area contributed by atoms with Crippen LogP contribution in [0, 0.1) is 0 Å². The first-order valence-corrected chi connectivity index (χ1v) is 5.06. The number of fused-ring (bicyclic) bond motifs is 1. The highest BCUT2D eigenvalue weighted by molar-refractivity contribution is 5.87. The maximum atomic E-state index is 9.75. The second-order valence-electron chi connectivity index (χ2n) is 3.84. The molecule has 0 fully saturated rings. The van der Waals surface area contributed by atoms with Gasteiger partial charge in [-0.25, -0.2) is 0 Å². The molecule has 0 heterocycles. The van der Waals surface area contributed by atoms with Crippen LogP contribution >= 0.6 is 0 Å². The summed E-state index contributed by atoms with van der Waals surface area (Å²) < 4.78 is 0. The van der Waals surface area contributed by atoms with Gasteiger partial charge in [0.15, 0.2) is 0 Å². The molecule has 0 radical (unpaired) electrons. The molecule has 0 saturated heterocycles. The fourth-order valence-electron chi connectivity index (χ4n) is 1.83. The standard InChI is InChI=1S/C13H14O2/c1-9(14)8-12-11-5-3-2-4-10(11)6-7-13(12)15/h2-7,9,14-15H,8H2,1H3/t9-/m0/s1. The molecule has 0 aliphatic carbocycles. The largest absolute Gasteiger partial charge is 0.508 e. The lowest BCUT2D eigenvalue weighted by Crippen LogP contribution is -2.04. The Hall–Kier alpha value is -1.54. The molecule has 0 unspecified atom stereocenters. The Balaban J connectivity index is 2.63. The normalized spacial score (nSPS) is 12.9. The highest BCUT2D eigenvalue weighted by Crippen LogP contribution is 2.27. The zero-order valence-corrected chi connectivity index (χ0v) is 8.64. The van der Waals surface area contributed by atoms with Crippen LogP contribution in [0.1, 0.15) is 12.5 Å². The first kappa shape index (κ1) is 9.99. The van der Waals surface area contributed by atoms with Gasteiger partial charge in [-0.3, -0.25) is 0 Å². The predicted molar refractivity (Wildman–Crippen MR) is 61.0 cm³/mol. The third kappa shape index (κ3) is 1.95. The summed E-state index contributed by atoms with van der Waals surface area (Å²) in [6, 6.07) is 11.4. The van der Waals surface area contributed by atoms with Crippen LogP contribution in [0.5, 0.6) is 5.75 Å². The van der Waals surface area contributed by atoms with E-state index >= 15 is 0 Å². The Morgan fingerprint density at radius 3 is 2.60 bits per heavy atom. The average Bonchev–Trinajstić information content (AvgIpc) is 2.22. The number of hydrogen-bond donors (Lipinski definition) is 2. The van der Waals surface area contributed by atoms with E-state index in [0.717, 1.165) is 16.3 Å². The highest BCUT2D eigenvalue weighted by Gasteiger charge is 2.08. The van der Waals surface area contributed by atoms with E-state index in [4.69, 9.17) is 0 Å². The molecule has 0 bridgehead atoms. The van der Waals surface area contributed by atoms with Gasteiger partial charge in [0.05, 0.1) is 6.10 Å². The van der Waals surface area contributed by atoms with Gasteiger partial charge in [-0.1, -0.05) is 30.3 Å².